The number of ether oxygens (including phenoxy) is 1. The molecule has 0 heterocycles. The van der Waals surface area contributed by atoms with Gasteiger partial charge in [0, 0.05) is 6.07 Å². The Morgan fingerprint density at radius 2 is 1.62 bits per heavy atom. The Morgan fingerprint density at radius 3 is 2.06 bits per heavy atom. The summed E-state index contributed by atoms with van der Waals surface area (Å²) in [5.74, 6) is 0.596. The van der Waals surface area contributed by atoms with E-state index in [1.807, 2.05) is 13.8 Å². The zero-order valence-corrected chi connectivity index (χ0v) is 10.2. The van der Waals surface area contributed by atoms with E-state index in [2.05, 4.69) is 0 Å². The second-order valence-electron chi connectivity index (χ2n) is 4.96. The highest BCUT2D eigenvalue weighted by Crippen LogP contribution is 2.30. The Hall–Kier alpha value is -1.42. The van der Waals surface area contributed by atoms with Crippen molar-refractivity contribution in [1.29, 1.82) is 0 Å². The third-order valence-corrected chi connectivity index (χ3v) is 2.90. The van der Waals surface area contributed by atoms with E-state index in [1.54, 1.807) is 32.0 Å². The molecular weight excluding hydrogens is 204 g/mol. The van der Waals surface area contributed by atoms with Crippen LogP contribution in [0.3, 0.4) is 0 Å². The molecule has 0 unspecified atom stereocenters. The van der Waals surface area contributed by atoms with Crippen LogP contribution in [-0.2, 0) is 0 Å². The smallest absolute Gasteiger partial charge is 0.131 e. The lowest BCUT2D eigenvalue weighted by molar-refractivity contribution is -0.0906. The van der Waals surface area contributed by atoms with Crippen molar-refractivity contribution >= 4 is 11.4 Å². The molecule has 4 heteroatoms. The minimum Gasteiger partial charge on any atom is -0.485 e. The summed E-state index contributed by atoms with van der Waals surface area (Å²) in [5.41, 5.74) is 10.6. The lowest BCUT2D eigenvalue weighted by atomic mass is 9.89. The van der Waals surface area contributed by atoms with Crippen molar-refractivity contribution in [3.63, 3.8) is 0 Å². The summed E-state index contributed by atoms with van der Waals surface area (Å²) < 4.78 is 5.72. The van der Waals surface area contributed by atoms with E-state index in [0.717, 1.165) is 0 Å². The molecule has 0 bridgehead atoms. The normalized spacial score (nSPS) is 12.6. The van der Waals surface area contributed by atoms with E-state index in [-0.39, 0.29) is 0 Å². The Labute approximate surface area is 96.2 Å². The molecule has 0 aliphatic heterocycles. The van der Waals surface area contributed by atoms with Gasteiger partial charge in [-0.25, -0.2) is 0 Å². The van der Waals surface area contributed by atoms with Crippen molar-refractivity contribution in [3.05, 3.63) is 18.2 Å². The van der Waals surface area contributed by atoms with E-state index in [0.29, 0.717) is 17.1 Å². The number of nitrogens with two attached hydrogens (primary N) is 2. The minimum atomic E-state index is -0.955. The van der Waals surface area contributed by atoms with E-state index >= 15 is 0 Å². The van der Waals surface area contributed by atoms with E-state index < -0.39 is 11.2 Å². The van der Waals surface area contributed by atoms with Crippen LogP contribution in [0.4, 0.5) is 11.4 Å². The summed E-state index contributed by atoms with van der Waals surface area (Å²) in [6.45, 7) is 7.04. The molecule has 16 heavy (non-hydrogen) atoms. The Balaban J connectivity index is 2.93. The van der Waals surface area contributed by atoms with Crippen molar-refractivity contribution in [1.82, 2.24) is 0 Å². The molecule has 0 fully saturated rings. The van der Waals surface area contributed by atoms with Crippen LogP contribution in [-0.4, -0.2) is 16.3 Å². The molecule has 0 atom stereocenters. The number of aliphatic hydroxyl groups is 1. The first-order chi connectivity index (χ1) is 7.13. The maximum atomic E-state index is 9.95. The standard InChI is InChI=1S/C12H20N2O2/c1-11(2,15)12(3,4)16-8-5-6-9(13)10(14)7-8/h5-7,15H,13-14H2,1-4H3. The quantitative estimate of drug-likeness (QED) is 0.683. The van der Waals surface area contributed by atoms with Crippen LogP contribution >= 0.6 is 0 Å². The molecule has 0 saturated carbocycles. The fourth-order valence-corrected chi connectivity index (χ4v) is 1.04. The van der Waals surface area contributed by atoms with Crippen molar-refractivity contribution in [3.8, 4) is 5.75 Å². The summed E-state index contributed by atoms with van der Waals surface area (Å²) in [5, 5.41) is 9.95. The number of hydrogen-bond acceptors (Lipinski definition) is 4. The predicted molar refractivity (Wildman–Crippen MR) is 66.3 cm³/mol. The highest BCUT2D eigenvalue weighted by molar-refractivity contribution is 5.65. The summed E-state index contributed by atoms with van der Waals surface area (Å²) in [6, 6.07) is 5.08. The van der Waals surface area contributed by atoms with Gasteiger partial charge in [0.1, 0.15) is 11.4 Å². The van der Waals surface area contributed by atoms with Crippen molar-refractivity contribution in [2.45, 2.75) is 38.9 Å². The first kappa shape index (κ1) is 12.6. The molecule has 5 N–H and O–H groups in total. The van der Waals surface area contributed by atoms with Crippen molar-refractivity contribution in [2.75, 3.05) is 11.5 Å². The molecule has 0 aliphatic rings. The lowest BCUT2D eigenvalue weighted by Gasteiger charge is -2.37. The monoisotopic (exact) mass is 224 g/mol. The summed E-state index contributed by atoms with van der Waals surface area (Å²) >= 11 is 0. The third kappa shape index (κ3) is 2.58. The summed E-state index contributed by atoms with van der Waals surface area (Å²) in [6.07, 6.45) is 0. The van der Waals surface area contributed by atoms with Gasteiger partial charge in [-0.2, -0.15) is 0 Å². The van der Waals surface area contributed by atoms with Gasteiger partial charge >= 0.3 is 0 Å². The molecule has 0 spiro atoms. The molecule has 0 aliphatic carbocycles. The second kappa shape index (κ2) is 3.87. The highest BCUT2D eigenvalue weighted by Gasteiger charge is 2.37. The number of hydrogen-bond donors (Lipinski definition) is 3. The van der Waals surface area contributed by atoms with Gasteiger partial charge in [-0.15, -0.1) is 0 Å². The zero-order chi connectivity index (χ0) is 12.6. The predicted octanol–water partition coefficient (Wildman–Crippen LogP) is 1.78. The Kier molecular flexibility index (Phi) is 3.06. The number of rotatable bonds is 3. The molecule has 0 radical (unpaired) electrons. The van der Waals surface area contributed by atoms with E-state index in [4.69, 9.17) is 16.2 Å². The average Bonchev–Trinajstić information content (AvgIpc) is 2.09. The molecule has 1 aromatic rings. The van der Waals surface area contributed by atoms with Gasteiger partial charge in [-0.1, -0.05) is 0 Å². The van der Waals surface area contributed by atoms with Gasteiger partial charge < -0.3 is 21.3 Å². The second-order valence-corrected chi connectivity index (χ2v) is 4.96. The van der Waals surface area contributed by atoms with E-state index in [9.17, 15) is 5.11 Å². The van der Waals surface area contributed by atoms with Gasteiger partial charge in [-0.05, 0) is 39.8 Å². The first-order valence-corrected chi connectivity index (χ1v) is 5.20. The Morgan fingerprint density at radius 1 is 1.06 bits per heavy atom. The number of benzene rings is 1. The first-order valence-electron chi connectivity index (χ1n) is 5.20. The zero-order valence-electron chi connectivity index (χ0n) is 10.2. The lowest BCUT2D eigenvalue weighted by Crippen LogP contribution is -2.49. The maximum absolute atomic E-state index is 9.95. The number of nitrogen functional groups attached to an aromatic ring is 2. The maximum Gasteiger partial charge on any atom is 0.131 e. The summed E-state index contributed by atoms with van der Waals surface area (Å²) in [7, 11) is 0. The molecular formula is C12H20N2O2. The topological polar surface area (TPSA) is 81.5 Å². The molecule has 1 aromatic carbocycles. The third-order valence-electron chi connectivity index (χ3n) is 2.90. The van der Waals surface area contributed by atoms with Crippen LogP contribution in [0.25, 0.3) is 0 Å². The van der Waals surface area contributed by atoms with Crippen LogP contribution in [0.15, 0.2) is 18.2 Å². The number of anilines is 2. The average molecular weight is 224 g/mol. The molecule has 0 saturated heterocycles. The van der Waals surface area contributed by atoms with Crippen LogP contribution in [0.5, 0.6) is 5.75 Å². The van der Waals surface area contributed by atoms with Gasteiger partial charge in [0.2, 0.25) is 0 Å². The van der Waals surface area contributed by atoms with Crippen LogP contribution in [0.1, 0.15) is 27.7 Å². The fourth-order valence-electron chi connectivity index (χ4n) is 1.04. The van der Waals surface area contributed by atoms with Gasteiger partial charge in [0.05, 0.1) is 17.0 Å². The molecule has 4 nitrogen and oxygen atoms in total. The molecule has 0 aromatic heterocycles. The van der Waals surface area contributed by atoms with E-state index in [1.165, 1.54) is 0 Å². The molecule has 1 rings (SSSR count). The summed E-state index contributed by atoms with van der Waals surface area (Å²) in [4.78, 5) is 0. The van der Waals surface area contributed by atoms with Gasteiger partial charge in [-0.3, -0.25) is 0 Å². The van der Waals surface area contributed by atoms with Crippen molar-refractivity contribution in [2.24, 2.45) is 0 Å². The largest absolute Gasteiger partial charge is 0.485 e. The van der Waals surface area contributed by atoms with Crippen LogP contribution in [0.2, 0.25) is 0 Å². The van der Waals surface area contributed by atoms with Gasteiger partial charge in [0.25, 0.3) is 0 Å². The SMILES string of the molecule is CC(C)(O)C(C)(C)Oc1ccc(N)c(N)c1. The minimum absolute atomic E-state index is 0.476. The van der Waals surface area contributed by atoms with Crippen LogP contribution in [0, 0.1) is 0 Å². The molecule has 0 amide bonds. The Bertz CT molecular complexity index is 381. The van der Waals surface area contributed by atoms with Crippen molar-refractivity contribution < 1.29 is 9.84 Å². The fraction of sp³-hybridized carbons (Fsp3) is 0.500. The van der Waals surface area contributed by atoms with Gasteiger partial charge in [0.15, 0.2) is 0 Å². The molecule has 90 valence electrons. The highest BCUT2D eigenvalue weighted by atomic mass is 16.5. The van der Waals surface area contributed by atoms with Crippen LogP contribution < -0.4 is 16.2 Å².